The normalized spacial score (nSPS) is 19.9. The lowest BCUT2D eigenvalue weighted by atomic mass is 9.85. The molecule has 0 aromatic heterocycles. The molecule has 8 heteroatoms. The molecule has 0 saturated carbocycles. The van der Waals surface area contributed by atoms with Crippen molar-refractivity contribution < 1.29 is 39.2 Å². The van der Waals surface area contributed by atoms with Crippen LogP contribution in [0.1, 0.15) is 29.3 Å². The van der Waals surface area contributed by atoms with E-state index in [4.69, 9.17) is 14.6 Å². The zero-order chi connectivity index (χ0) is 17.4. The van der Waals surface area contributed by atoms with Gasteiger partial charge in [0.25, 0.3) is 0 Å². The van der Waals surface area contributed by atoms with Crippen LogP contribution in [-0.4, -0.2) is 45.9 Å². The molecule has 0 spiro atoms. The molecule has 1 aliphatic rings. The number of hydrogen-bond donors (Lipinski definition) is 3. The molecule has 0 bridgehead atoms. The highest BCUT2D eigenvalue weighted by Crippen LogP contribution is 2.42. The van der Waals surface area contributed by atoms with E-state index in [1.54, 1.807) is 0 Å². The number of hydrogen-bond acceptors (Lipinski definition) is 6. The van der Waals surface area contributed by atoms with Gasteiger partial charge in [0.05, 0.1) is 13.5 Å². The monoisotopic (exact) mass is 322 g/mol. The summed E-state index contributed by atoms with van der Waals surface area (Å²) in [5.74, 6) is -3.86. The summed E-state index contributed by atoms with van der Waals surface area (Å²) in [4.78, 5) is 34.1. The number of benzene rings is 1. The van der Waals surface area contributed by atoms with E-state index in [1.165, 1.54) is 20.1 Å². The van der Waals surface area contributed by atoms with Crippen molar-refractivity contribution in [2.24, 2.45) is 0 Å². The molecule has 0 fully saturated rings. The maximum Gasteiger partial charge on any atom is 0.340 e. The molecule has 122 valence electrons. The van der Waals surface area contributed by atoms with Crippen LogP contribution in [0.25, 0.3) is 5.57 Å². The van der Waals surface area contributed by atoms with E-state index in [2.05, 4.69) is 0 Å². The van der Waals surface area contributed by atoms with Crippen molar-refractivity contribution >= 4 is 23.5 Å². The lowest BCUT2D eigenvalue weighted by molar-refractivity contribution is -0.150. The topological polar surface area (TPSA) is 130 Å². The summed E-state index contributed by atoms with van der Waals surface area (Å²) >= 11 is 0. The zero-order valence-electron chi connectivity index (χ0n) is 12.3. The van der Waals surface area contributed by atoms with Gasteiger partial charge in [-0.1, -0.05) is 0 Å². The number of cyclic esters (lactones) is 1. The number of aliphatic carboxylic acids is 1. The fraction of sp³-hybridized carbons (Fsp3) is 0.267. The molecule has 1 atom stereocenters. The number of aromatic hydroxyl groups is 1. The Bertz CT molecular complexity index is 733. The number of ether oxygens (including phenoxy) is 2. The van der Waals surface area contributed by atoms with Gasteiger partial charge < -0.3 is 24.8 Å². The molecule has 0 amide bonds. The van der Waals surface area contributed by atoms with Crippen molar-refractivity contribution in [2.75, 3.05) is 7.11 Å². The van der Waals surface area contributed by atoms with Crippen LogP contribution in [0.4, 0.5) is 0 Å². The number of carbonyl (C=O) groups is 3. The third-order valence-corrected chi connectivity index (χ3v) is 3.48. The highest BCUT2D eigenvalue weighted by Gasteiger charge is 2.43. The zero-order valence-corrected chi connectivity index (χ0v) is 12.3. The van der Waals surface area contributed by atoms with E-state index < -0.39 is 41.2 Å². The second-order valence-corrected chi connectivity index (χ2v) is 5.15. The second-order valence-electron chi connectivity index (χ2n) is 5.15. The minimum atomic E-state index is -1.55. The van der Waals surface area contributed by atoms with Gasteiger partial charge in [0, 0.05) is 23.3 Å². The van der Waals surface area contributed by atoms with Gasteiger partial charge in [-0.15, -0.1) is 0 Å². The van der Waals surface area contributed by atoms with Gasteiger partial charge in [-0.05, 0) is 13.0 Å². The summed E-state index contributed by atoms with van der Waals surface area (Å²) in [6, 6.07) is 2.41. The Kier molecular flexibility index (Phi) is 4.00. The first-order valence-corrected chi connectivity index (χ1v) is 6.49. The maximum absolute atomic E-state index is 11.6. The van der Waals surface area contributed by atoms with Crippen LogP contribution in [0.3, 0.4) is 0 Å². The van der Waals surface area contributed by atoms with Crippen molar-refractivity contribution in [2.45, 2.75) is 18.9 Å². The number of esters is 1. The molecule has 23 heavy (non-hydrogen) atoms. The Labute approximate surface area is 130 Å². The van der Waals surface area contributed by atoms with E-state index in [1.807, 2.05) is 0 Å². The third-order valence-electron chi connectivity index (χ3n) is 3.48. The van der Waals surface area contributed by atoms with E-state index in [9.17, 15) is 24.6 Å². The Balaban J connectivity index is 2.70. The number of carboxylic acids is 2. The predicted octanol–water partition coefficient (Wildman–Crippen LogP) is 1.27. The fourth-order valence-corrected chi connectivity index (χ4v) is 2.52. The molecule has 0 unspecified atom stereocenters. The molecular weight excluding hydrogens is 308 g/mol. The average Bonchev–Trinajstić information content (AvgIpc) is 2.70. The minimum Gasteiger partial charge on any atom is -0.507 e. The van der Waals surface area contributed by atoms with Crippen LogP contribution in [0.2, 0.25) is 0 Å². The molecule has 8 nitrogen and oxygen atoms in total. The highest BCUT2D eigenvalue weighted by atomic mass is 16.6. The molecule has 0 radical (unpaired) electrons. The number of methoxy groups -OCH3 is 1. The number of phenols is 1. The van der Waals surface area contributed by atoms with Crippen molar-refractivity contribution in [1.29, 1.82) is 0 Å². The summed E-state index contributed by atoms with van der Waals surface area (Å²) in [5.41, 5.74) is -2.00. The Morgan fingerprint density at radius 2 is 1.96 bits per heavy atom. The van der Waals surface area contributed by atoms with E-state index in [0.717, 1.165) is 12.1 Å². The summed E-state index contributed by atoms with van der Waals surface area (Å²) in [6.07, 6.45) is 0.463. The largest absolute Gasteiger partial charge is 0.507 e. The van der Waals surface area contributed by atoms with E-state index in [-0.39, 0.29) is 16.9 Å². The van der Waals surface area contributed by atoms with Crippen LogP contribution in [0.15, 0.2) is 18.2 Å². The molecule has 1 heterocycles. The van der Waals surface area contributed by atoms with Gasteiger partial charge >= 0.3 is 17.9 Å². The number of rotatable bonds is 5. The first-order valence-electron chi connectivity index (χ1n) is 6.49. The standard InChI is InChI=1S/C15H14O8/c1-15(6-11(17)18)9(5-12(19)23-15)8-3-7(22-2)4-10(16)13(8)14(20)21/h3-5,16H,6H2,1-2H3,(H,17,18)(H,20,21)/t15-/m1/s1. The summed E-state index contributed by atoms with van der Waals surface area (Å²) in [7, 11) is 1.32. The molecule has 0 aliphatic carbocycles. The smallest absolute Gasteiger partial charge is 0.340 e. The van der Waals surface area contributed by atoms with Crippen LogP contribution in [0, 0.1) is 0 Å². The lowest BCUT2D eigenvalue weighted by Gasteiger charge is -2.26. The minimum absolute atomic E-state index is 0.0380. The Morgan fingerprint density at radius 1 is 1.30 bits per heavy atom. The molecular formula is C15H14O8. The second kappa shape index (κ2) is 5.64. The van der Waals surface area contributed by atoms with Crippen molar-refractivity contribution in [3.63, 3.8) is 0 Å². The first-order chi connectivity index (χ1) is 10.7. The molecule has 1 aromatic carbocycles. The third kappa shape index (κ3) is 2.96. The molecule has 3 N–H and O–H groups in total. The lowest BCUT2D eigenvalue weighted by Crippen LogP contribution is -2.31. The highest BCUT2D eigenvalue weighted by molar-refractivity contribution is 6.05. The van der Waals surface area contributed by atoms with Crippen LogP contribution >= 0.6 is 0 Å². The van der Waals surface area contributed by atoms with Gasteiger partial charge in [0.2, 0.25) is 0 Å². The van der Waals surface area contributed by atoms with Crippen LogP contribution in [0.5, 0.6) is 11.5 Å². The quantitative estimate of drug-likeness (QED) is 0.691. The number of carbonyl (C=O) groups excluding carboxylic acids is 1. The fourth-order valence-electron chi connectivity index (χ4n) is 2.52. The SMILES string of the molecule is COc1cc(O)c(C(=O)O)c(C2=CC(=O)O[C@]2(C)CC(=O)O)c1. The van der Waals surface area contributed by atoms with E-state index in [0.29, 0.717) is 0 Å². The number of carboxylic acid groups (broad SMARTS) is 2. The average molecular weight is 322 g/mol. The summed E-state index contributed by atoms with van der Waals surface area (Å²) < 4.78 is 10.0. The first kappa shape index (κ1) is 16.3. The molecule has 0 saturated heterocycles. The maximum atomic E-state index is 11.6. The predicted molar refractivity (Wildman–Crippen MR) is 76.3 cm³/mol. The van der Waals surface area contributed by atoms with Crippen molar-refractivity contribution in [3.05, 3.63) is 29.3 Å². The molecule has 2 rings (SSSR count). The van der Waals surface area contributed by atoms with Crippen molar-refractivity contribution in [1.82, 2.24) is 0 Å². The van der Waals surface area contributed by atoms with Gasteiger partial charge in [-0.25, -0.2) is 9.59 Å². The van der Waals surface area contributed by atoms with E-state index >= 15 is 0 Å². The van der Waals surface area contributed by atoms with Crippen LogP contribution < -0.4 is 4.74 Å². The van der Waals surface area contributed by atoms with Gasteiger partial charge in [-0.2, -0.15) is 0 Å². The van der Waals surface area contributed by atoms with Crippen molar-refractivity contribution in [3.8, 4) is 11.5 Å². The summed E-state index contributed by atoms with van der Waals surface area (Å²) in [5, 5.41) is 28.3. The number of aromatic carboxylic acids is 1. The summed E-state index contributed by atoms with van der Waals surface area (Å²) in [6.45, 7) is 1.36. The van der Waals surface area contributed by atoms with Gasteiger partial charge in [0.1, 0.15) is 22.7 Å². The van der Waals surface area contributed by atoms with Gasteiger partial charge in [0.15, 0.2) is 0 Å². The Hall–Kier alpha value is -3.03. The molecule has 1 aromatic rings. The Morgan fingerprint density at radius 3 is 2.48 bits per heavy atom. The molecule has 1 aliphatic heterocycles. The van der Waals surface area contributed by atoms with Gasteiger partial charge in [-0.3, -0.25) is 4.79 Å². The van der Waals surface area contributed by atoms with Crippen LogP contribution in [-0.2, 0) is 14.3 Å².